The zero-order valence-corrected chi connectivity index (χ0v) is 14.9. The highest BCUT2D eigenvalue weighted by molar-refractivity contribution is 4.92. The molecular formula is C18H37NO. The highest BCUT2D eigenvalue weighted by Crippen LogP contribution is 2.45. The van der Waals surface area contributed by atoms with E-state index in [9.17, 15) is 0 Å². The molecule has 0 aromatic rings. The molecule has 0 aliphatic heterocycles. The molecular weight excluding hydrogens is 246 g/mol. The normalized spacial score (nSPS) is 28.6. The van der Waals surface area contributed by atoms with Gasteiger partial charge in [0, 0.05) is 24.1 Å². The zero-order chi connectivity index (χ0) is 15.4. The van der Waals surface area contributed by atoms with E-state index in [0.717, 1.165) is 25.7 Å². The van der Waals surface area contributed by atoms with Crippen molar-refractivity contribution in [2.45, 2.75) is 79.7 Å². The summed E-state index contributed by atoms with van der Waals surface area (Å²) in [5, 5.41) is 3.71. The Hall–Kier alpha value is -0.0800. The fourth-order valence-corrected chi connectivity index (χ4v) is 3.24. The van der Waals surface area contributed by atoms with Gasteiger partial charge in [0.2, 0.25) is 0 Å². The lowest BCUT2D eigenvalue weighted by molar-refractivity contribution is -0.00200. The third-order valence-electron chi connectivity index (χ3n) is 4.88. The quantitative estimate of drug-likeness (QED) is 0.794. The van der Waals surface area contributed by atoms with Crippen molar-refractivity contribution >= 4 is 0 Å². The van der Waals surface area contributed by atoms with E-state index in [1.807, 2.05) is 0 Å². The summed E-state index contributed by atoms with van der Waals surface area (Å²) in [6.07, 6.45) is 5.31. The van der Waals surface area contributed by atoms with Crippen molar-refractivity contribution in [1.82, 2.24) is 5.32 Å². The van der Waals surface area contributed by atoms with E-state index in [-0.39, 0.29) is 5.54 Å². The molecule has 0 unspecified atom stereocenters. The fraction of sp³-hybridized carbons (Fsp3) is 1.00. The maximum atomic E-state index is 5.82. The number of ether oxygens (including phenoxy) is 1. The number of rotatable bonds is 5. The van der Waals surface area contributed by atoms with Crippen molar-refractivity contribution in [2.24, 2.45) is 16.7 Å². The number of hydrogen-bond acceptors (Lipinski definition) is 2. The van der Waals surface area contributed by atoms with Crippen molar-refractivity contribution in [3.8, 4) is 0 Å². The maximum Gasteiger partial charge on any atom is 0.0534 e. The Balaban J connectivity index is 2.63. The Bertz CT molecular complexity index is 277. The first kappa shape index (κ1) is 18.0. The Morgan fingerprint density at radius 2 is 1.60 bits per heavy atom. The average molecular weight is 284 g/mol. The van der Waals surface area contributed by atoms with Crippen LogP contribution in [0.1, 0.15) is 74.1 Å². The first-order chi connectivity index (χ1) is 9.08. The molecule has 2 heteroatoms. The summed E-state index contributed by atoms with van der Waals surface area (Å²) in [5.41, 5.74) is 1.00. The molecule has 120 valence electrons. The van der Waals surface area contributed by atoms with E-state index in [4.69, 9.17) is 4.74 Å². The van der Waals surface area contributed by atoms with E-state index >= 15 is 0 Å². The van der Waals surface area contributed by atoms with Gasteiger partial charge >= 0.3 is 0 Å². The SMILES string of the molecule is CCOCC1(CNC(C)(C)C)CCC(C(C)(C)C)CC1. The summed E-state index contributed by atoms with van der Waals surface area (Å²) in [6.45, 7) is 18.9. The molecule has 1 fully saturated rings. The van der Waals surface area contributed by atoms with Crippen molar-refractivity contribution < 1.29 is 4.74 Å². The Morgan fingerprint density at radius 3 is 2.00 bits per heavy atom. The van der Waals surface area contributed by atoms with Gasteiger partial charge in [0.05, 0.1) is 6.61 Å². The zero-order valence-electron chi connectivity index (χ0n) is 14.9. The molecule has 20 heavy (non-hydrogen) atoms. The van der Waals surface area contributed by atoms with Crippen molar-refractivity contribution in [1.29, 1.82) is 0 Å². The molecule has 0 saturated heterocycles. The van der Waals surface area contributed by atoms with E-state index in [1.54, 1.807) is 0 Å². The molecule has 0 amide bonds. The lowest BCUT2D eigenvalue weighted by Crippen LogP contribution is -2.48. The minimum absolute atomic E-state index is 0.195. The lowest BCUT2D eigenvalue weighted by atomic mass is 9.64. The molecule has 0 aromatic carbocycles. The summed E-state index contributed by atoms with van der Waals surface area (Å²) < 4.78 is 5.82. The van der Waals surface area contributed by atoms with Gasteiger partial charge < -0.3 is 10.1 Å². The van der Waals surface area contributed by atoms with Gasteiger partial charge in [-0.05, 0) is 64.7 Å². The third-order valence-corrected chi connectivity index (χ3v) is 4.88. The molecule has 0 aromatic heterocycles. The molecule has 1 rings (SSSR count). The summed E-state index contributed by atoms with van der Waals surface area (Å²) in [5.74, 6) is 0.867. The van der Waals surface area contributed by atoms with Gasteiger partial charge in [-0.2, -0.15) is 0 Å². The summed E-state index contributed by atoms with van der Waals surface area (Å²) >= 11 is 0. The summed E-state index contributed by atoms with van der Waals surface area (Å²) in [7, 11) is 0. The van der Waals surface area contributed by atoms with Crippen LogP contribution in [0.4, 0.5) is 0 Å². The van der Waals surface area contributed by atoms with Crippen molar-refractivity contribution in [3.63, 3.8) is 0 Å². The first-order valence-corrected chi connectivity index (χ1v) is 8.41. The number of hydrogen-bond donors (Lipinski definition) is 1. The number of nitrogens with one attached hydrogen (secondary N) is 1. The summed E-state index contributed by atoms with van der Waals surface area (Å²) in [6, 6.07) is 0. The lowest BCUT2D eigenvalue weighted by Gasteiger charge is -2.45. The van der Waals surface area contributed by atoms with E-state index in [1.165, 1.54) is 25.7 Å². The van der Waals surface area contributed by atoms with Crippen LogP contribution in [0, 0.1) is 16.7 Å². The van der Waals surface area contributed by atoms with Gasteiger partial charge in [-0.1, -0.05) is 20.8 Å². The molecule has 1 aliphatic carbocycles. The average Bonchev–Trinajstić information content (AvgIpc) is 2.33. The standard InChI is InChI=1S/C18H37NO/c1-8-20-14-18(13-19-17(5,6)7)11-9-15(10-12-18)16(2,3)4/h15,19H,8-14H2,1-7H3. The van der Waals surface area contributed by atoms with Crippen LogP contribution in [0.15, 0.2) is 0 Å². The molecule has 0 spiro atoms. The van der Waals surface area contributed by atoms with Crippen LogP contribution < -0.4 is 5.32 Å². The van der Waals surface area contributed by atoms with Gasteiger partial charge in [-0.15, -0.1) is 0 Å². The maximum absolute atomic E-state index is 5.82. The van der Waals surface area contributed by atoms with Crippen LogP contribution in [-0.2, 0) is 4.74 Å². The predicted octanol–water partition coefficient (Wildman–Crippen LogP) is 4.63. The largest absolute Gasteiger partial charge is 0.381 e. The minimum Gasteiger partial charge on any atom is -0.381 e. The molecule has 1 N–H and O–H groups in total. The minimum atomic E-state index is 0.195. The van der Waals surface area contributed by atoms with Crippen LogP contribution in [0.25, 0.3) is 0 Å². The molecule has 1 aliphatic rings. The van der Waals surface area contributed by atoms with Crippen molar-refractivity contribution in [3.05, 3.63) is 0 Å². The smallest absolute Gasteiger partial charge is 0.0534 e. The monoisotopic (exact) mass is 283 g/mol. The van der Waals surface area contributed by atoms with Gasteiger partial charge in [-0.25, -0.2) is 0 Å². The molecule has 0 radical (unpaired) electrons. The van der Waals surface area contributed by atoms with Crippen LogP contribution in [0.3, 0.4) is 0 Å². The van der Waals surface area contributed by atoms with Crippen molar-refractivity contribution in [2.75, 3.05) is 19.8 Å². The van der Waals surface area contributed by atoms with Crippen LogP contribution >= 0.6 is 0 Å². The molecule has 0 atom stereocenters. The van der Waals surface area contributed by atoms with Crippen LogP contribution in [0.5, 0.6) is 0 Å². The van der Waals surface area contributed by atoms with Crippen LogP contribution in [0.2, 0.25) is 0 Å². The molecule has 0 bridgehead atoms. The first-order valence-electron chi connectivity index (χ1n) is 8.41. The van der Waals surface area contributed by atoms with Gasteiger partial charge in [0.1, 0.15) is 0 Å². The Kier molecular flexibility index (Phi) is 6.10. The highest BCUT2D eigenvalue weighted by atomic mass is 16.5. The fourth-order valence-electron chi connectivity index (χ4n) is 3.24. The Labute approximate surface area is 127 Å². The Morgan fingerprint density at radius 1 is 1.05 bits per heavy atom. The van der Waals surface area contributed by atoms with Gasteiger partial charge in [0.15, 0.2) is 0 Å². The van der Waals surface area contributed by atoms with Gasteiger partial charge in [0.25, 0.3) is 0 Å². The van der Waals surface area contributed by atoms with E-state index < -0.39 is 0 Å². The van der Waals surface area contributed by atoms with Crippen LogP contribution in [-0.4, -0.2) is 25.3 Å². The van der Waals surface area contributed by atoms with Gasteiger partial charge in [-0.3, -0.25) is 0 Å². The predicted molar refractivity (Wildman–Crippen MR) is 88.1 cm³/mol. The second-order valence-electron chi connectivity index (χ2n) is 8.88. The highest BCUT2D eigenvalue weighted by Gasteiger charge is 2.39. The second-order valence-corrected chi connectivity index (χ2v) is 8.88. The molecule has 0 heterocycles. The summed E-state index contributed by atoms with van der Waals surface area (Å²) in [4.78, 5) is 0. The molecule has 2 nitrogen and oxygen atoms in total. The molecule has 1 saturated carbocycles. The second kappa shape index (κ2) is 6.79. The third kappa shape index (κ3) is 5.73. The van der Waals surface area contributed by atoms with E-state index in [2.05, 4.69) is 53.8 Å². The topological polar surface area (TPSA) is 21.3 Å². The van der Waals surface area contributed by atoms with E-state index in [0.29, 0.717) is 10.8 Å².